The fraction of sp³-hybridized carbons (Fsp3) is 0.0545. The summed E-state index contributed by atoms with van der Waals surface area (Å²) in [6, 6.07) is 67.1. The van der Waals surface area contributed by atoms with Crippen molar-refractivity contribution in [1.29, 1.82) is 0 Å². The van der Waals surface area contributed by atoms with Gasteiger partial charge in [0.2, 0.25) is 0 Å². The van der Waals surface area contributed by atoms with Gasteiger partial charge in [0.05, 0.1) is 0 Å². The zero-order valence-corrected chi connectivity index (χ0v) is 31.2. The second-order valence-corrected chi connectivity index (χ2v) is 16.0. The molecule has 0 unspecified atom stereocenters. The molecule has 11 aromatic rings. The van der Waals surface area contributed by atoms with Crippen LogP contribution in [0.2, 0.25) is 0 Å². The molecule has 0 saturated carbocycles. The first-order valence-corrected chi connectivity index (χ1v) is 19.6. The summed E-state index contributed by atoms with van der Waals surface area (Å²) in [5, 5.41) is 12.2. The van der Waals surface area contributed by atoms with Crippen molar-refractivity contribution in [2.75, 3.05) is 0 Å². The summed E-state index contributed by atoms with van der Waals surface area (Å²) in [6.45, 7) is 4.71. The van der Waals surface area contributed by atoms with Crippen LogP contribution in [0.1, 0.15) is 25.0 Å². The van der Waals surface area contributed by atoms with Crippen LogP contribution in [0.3, 0.4) is 0 Å². The van der Waals surface area contributed by atoms with Crippen molar-refractivity contribution in [2.24, 2.45) is 0 Å². The van der Waals surface area contributed by atoms with Crippen molar-refractivity contribution >= 4 is 65.0 Å². The molecule has 0 fully saturated rings. The highest BCUT2D eigenvalue weighted by molar-refractivity contribution is 6.24. The van der Waals surface area contributed by atoms with Gasteiger partial charge in [-0.1, -0.05) is 178 Å². The monoisotopic (exact) mass is 712 g/mol. The van der Waals surface area contributed by atoms with Crippen LogP contribution in [-0.4, -0.2) is 0 Å². The van der Waals surface area contributed by atoms with Crippen LogP contribution in [0, 0.1) is 0 Å². The van der Waals surface area contributed by atoms with E-state index in [9.17, 15) is 0 Å². The van der Waals surface area contributed by atoms with E-state index >= 15 is 0 Å². The zero-order valence-electron chi connectivity index (χ0n) is 31.2. The average molecular weight is 713 g/mol. The first-order chi connectivity index (χ1) is 27.5. The summed E-state index contributed by atoms with van der Waals surface area (Å²) in [6.07, 6.45) is 0. The van der Waals surface area contributed by atoms with Gasteiger partial charge in [0.1, 0.15) is 11.2 Å². The molecular weight excluding hydrogens is 677 g/mol. The number of benzene rings is 10. The van der Waals surface area contributed by atoms with E-state index in [1.165, 1.54) is 98.7 Å². The molecule has 1 aliphatic rings. The van der Waals surface area contributed by atoms with Gasteiger partial charge in [-0.25, -0.2) is 0 Å². The van der Waals surface area contributed by atoms with Crippen LogP contribution in [0.4, 0.5) is 0 Å². The molecule has 0 spiro atoms. The maximum absolute atomic E-state index is 7.08. The minimum atomic E-state index is -0.166. The fourth-order valence-electron chi connectivity index (χ4n) is 9.97. The quantitative estimate of drug-likeness (QED) is 0.166. The van der Waals surface area contributed by atoms with Crippen LogP contribution in [0.25, 0.3) is 110 Å². The SMILES string of the molecule is CC1(C)c2ccccc2-c2c1cc(-c1ccc(-c3c4ccccc4c(-c4ccc5ccccc5c4)c4ccccc34)cc1)c1c2oc2c3ccccc3ccc21. The summed E-state index contributed by atoms with van der Waals surface area (Å²) in [7, 11) is 0. The zero-order chi connectivity index (χ0) is 37.1. The molecular formula is C55H36O. The van der Waals surface area contributed by atoms with Crippen molar-refractivity contribution in [1.82, 2.24) is 0 Å². The molecule has 10 aromatic carbocycles. The minimum Gasteiger partial charge on any atom is -0.455 e. The van der Waals surface area contributed by atoms with Crippen LogP contribution in [-0.2, 0) is 5.41 Å². The van der Waals surface area contributed by atoms with Crippen LogP contribution < -0.4 is 0 Å². The molecule has 0 atom stereocenters. The Morgan fingerprint density at radius 1 is 0.339 bits per heavy atom. The highest BCUT2D eigenvalue weighted by atomic mass is 16.3. The molecule has 0 bridgehead atoms. The molecule has 262 valence electrons. The van der Waals surface area contributed by atoms with Gasteiger partial charge < -0.3 is 4.42 Å². The minimum absolute atomic E-state index is 0.166. The molecule has 1 heteroatoms. The average Bonchev–Trinajstić information content (AvgIpc) is 3.75. The van der Waals surface area contributed by atoms with Crippen LogP contribution >= 0.6 is 0 Å². The maximum Gasteiger partial charge on any atom is 0.144 e. The van der Waals surface area contributed by atoms with E-state index in [0.717, 1.165) is 21.9 Å². The number of fused-ring (bicyclic) bond motifs is 12. The third kappa shape index (κ3) is 4.31. The molecule has 1 nitrogen and oxygen atoms in total. The molecule has 0 amide bonds. The standard InChI is InChI=1S/C55H36O/c1-55(2)47-22-12-11-21-44(47)52-48(55)32-46(51-45-30-29-34-14-5-6-16-39(34)53(45)56-54(51)52)35-24-26-36(27-25-35)49-40-17-7-9-19-42(40)50(43-20-10-8-18-41(43)49)38-28-23-33-13-3-4-15-37(33)31-38/h3-32H,1-2H3. The summed E-state index contributed by atoms with van der Waals surface area (Å²) < 4.78 is 7.08. The summed E-state index contributed by atoms with van der Waals surface area (Å²) in [4.78, 5) is 0. The third-order valence-corrected chi connectivity index (χ3v) is 12.6. The predicted molar refractivity (Wildman–Crippen MR) is 238 cm³/mol. The fourth-order valence-corrected chi connectivity index (χ4v) is 9.97. The number of hydrogen-bond donors (Lipinski definition) is 0. The molecule has 56 heavy (non-hydrogen) atoms. The lowest BCUT2D eigenvalue weighted by Gasteiger charge is -2.22. The van der Waals surface area contributed by atoms with Crippen molar-refractivity contribution in [2.45, 2.75) is 19.3 Å². The predicted octanol–water partition coefficient (Wildman–Crippen LogP) is 15.5. The lowest BCUT2D eigenvalue weighted by molar-refractivity contribution is 0.654. The second-order valence-electron chi connectivity index (χ2n) is 16.0. The van der Waals surface area contributed by atoms with Gasteiger partial charge in [-0.05, 0) is 106 Å². The van der Waals surface area contributed by atoms with Crippen LogP contribution in [0.5, 0.6) is 0 Å². The summed E-state index contributed by atoms with van der Waals surface area (Å²) >= 11 is 0. The van der Waals surface area contributed by atoms with E-state index in [-0.39, 0.29) is 5.41 Å². The maximum atomic E-state index is 7.08. The van der Waals surface area contributed by atoms with Gasteiger partial charge in [-0.2, -0.15) is 0 Å². The number of hydrogen-bond acceptors (Lipinski definition) is 1. The van der Waals surface area contributed by atoms with Crippen molar-refractivity contribution in [3.05, 3.63) is 193 Å². The van der Waals surface area contributed by atoms with Crippen molar-refractivity contribution in [3.8, 4) is 44.5 Å². The molecule has 1 aromatic heterocycles. The van der Waals surface area contributed by atoms with Gasteiger partial charge >= 0.3 is 0 Å². The van der Waals surface area contributed by atoms with Gasteiger partial charge in [0.15, 0.2) is 0 Å². The molecule has 12 rings (SSSR count). The van der Waals surface area contributed by atoms with Crippen molar-refractivity contribution < 1.29 is 4.42 Å². The number of furan rings is 1. The largest absolute Gasteiger partial charge is 0.455 e. The molecule has 0 saturated heterocycles. The molecule has 0 aliphatic heterocycles. The topological polar surface area (TPSA) is 13.1 Å². The Labute approximate surface area is 325 Å². The summed E-state index contributed by atoms with van der Waals surface area (Å²) in [5.41, 5.74) is 14.3. The molecule has 0 radical (unpaired) electrons. The van der Waals surface area contributed by atoms with Gasteiger partial charge in [-0.15, -0.1) is 0 Å². The molecule has 0 N–H and O–H groups in total. The molecule has 1 aliphatic carbocycles. The Hall–Kier alpha value is -6.96. The Morgan fingerprint density at radius 2 is 0.875 bits per heavy atom. The van der Waals surface area contributed by atoms with E-state index < -0.39 is 0 Å². The highest BCUT2D eigenvalue weighted by Crippen LogP contribution is 2.55. The molecule has 1 heterocycles. The van der Waals surface area contributed by atoms with E-state index in [2.05, 4.69) is 196 Å². The Kier molecular flexibility index (Phi) is 6.46. The second kappa shape index (κ2) is 11.5. The van der Waals surface area contributed by atoms with Gasteiger partial charge in [-0.3, -0.25) is 0 Å². The third-order valence-electron chi connectivity index (χ3n) is 12.6. The Bertz CT molecular complexity index is 3370. The Morgan fingerprint density at radius 3 is 1.59 bits per heavy atom. The van der Waals surface area contributed by atoms with Crippen LogP contribution in [0.15, 0.2) is 186 Å². The first-order valence-electron chi connectivity index (χ1n) is 19.6. The highest BCUT2D eigenvalue weighted by Gasteiger charge is 2.38. The van der Waals surface area contributed by atoms with Gasteiger partial charge in [0.25, 0.3) is 0 Å². The Balaban J connectivity index is 1.09. The summed E-state index contributed by atoms with van der Waals surface area (Å²) in [5.74, 6) is 0. The number of rotatable bonds is 3. The van der Waals surface area contributed by atoms with E-state index in [1.807, 2.05) is 0 Å². The van der Waals surface area contributed by atoms with E-state index in [1.54, 1.807) is 0 Å². The lowest BCUT2D eigenvalue weighted by atomic mass is 9.81. The van der Waals surface area contributed by atoms with E-state index in [4.69, 9.17) is 4.42 Å². The normalized spacial score (nSPS) is 13.3. The van der Waals surface area contributed by atoms with Crippen molar-refractivity contribution in [3.63, 3.8) is 0 Å². The lowest BCUT2D eigenvalue weighted by Crippen LogP contribution is -2.15. The van der Waals surface area contributed by atoms with Gasteiger partial charge in [0, 0.05) is 27.1 Å². The smallest absolute Gasteiger partial charge is 0.144 e. The first kappa shape index (κ1) is 31.4. The van der Waals surface area contributed by atoms with E-state index in [0.29, 0.717) is 0 Å².